The standard InChI is InChI=1S/C15H12F3NO3S/c16-15(17,18)22-11-4-1-3-10(7-11)14-19(13(20)9-23-14)8-12-5-2-6-21-12/h1-7,14H,8-9H2. The molecule has 1 aromatic heterocycles. The maximum Gasteiger partial charge on any atom is 0.573 e. The van der Waals surface area contributed by atoms with E-state index in [4.69, 9.17) is 4.42 Å². The van der Waals surface area contributed by atoms with Gasteiger partial charge in [0.05, 0.1) is 18.6 Å². The molecule has 1 fully saturated rings. The van der Waals surface area contributed by atoms with E-state index in [1.807, 2.05) is 0 Å². The highest BCUT2D eigenvalue weighted by Crippen LogP contribution is 2.40. The van der Waals surface area contributed by atoms with Gasteiger partial charge >= 0.3 is 6.36 Å². The summed E-state index contributed by atoms with van der Waals surface area (Å²) >= 11 is 1.36. The lowest BCUT2D eigenvalue weighted by atomic mass is 10.2. The predicted molar refractivity (Wildman–Crippen MR) is 77.6 cm³/mol. The highest BCUT2D eigenvalue weighted by Gasteiger charge is 2.35. The summed E-state index contributed by atoms with van der Waals surface area (Å²) in [5.41, 5.74) is 0.578. The van der Waals surface area contributed by atoms with Crippen LogP contribution in [0.25, 0.3) is 0 Å². The molecule has 1 atom stereocenters. The molecule has 0 saturated carbocycles. The van der Waals surface area contributed by atoms with Gasteiger partial charge in [-0.05, 0) is 29.8 Å². The second kappa shape index (κ2) is 6.19. The molecule has 2 aromatic rings. The summed E-state index contributed by atoms with van der Waals surface area (Å²) in [5.74, 6) is 0.510. The lowest BCUT2D eigenvalue weighted by Gasteiger charge is -2.23. The van der Waals surface area contributed by atoms with Gasteiger partial charge in [-0.1, -0.05) is 12.1 Å². The molecule has 3 rings (SSSR count). The molecule has 1 aliphatic rings. The number of thioether (sulfide) groups is 1. The fraction of sp³-hybridized carbons (Fsp3) is 0.267. The lowest BCUT2D eigenvalue weighted by molar-refractivity contribution is -0.274. The van der Waals surface area contributed by atoms with Crippen LogP contribution in [-0.2, 0) is 11.3 Å². The van der Waals surface area contributed by atoms with E-state index in [2.05, 4.69) is 4.74 Å². The molecule has 0 spiro atoms. The number of amides is 1. The number of alkyl halides is 3. The third-order valence-electron chi connectivity index (χ3n) is 3.25. The second-order valence-electron chi connectivity index (χ2n) is 4.88. The smallest absolute Gasteiger partial charge is 0.467 e. The second-order valence-corrected chi connectivity index (χ2v) is 5.95. The number of rotatable bonds is 4. The molecular weight excluding hydrogens is 331 g/mol. The van der Waals surface area contributed by atoms with E-state index in [1.165, 1.54) is 36.2 Å². The molecule has 8 heteroatoms. The first-order chi connectivity index (χ1) is 10.9. The SMILES string of the molecule is O=C1CSC(c2cccc(OC(F)(F)F)c2)N1Cc1ccco1. The summed E-state index contributed by atoms with van der Waals surface area (Å²) in [6.45, 7) is 0.272. The topological polar surface area (TPSA) is 42.7 Å². The first-order valence-corrected chi connectivity index (χ1v) is 7.76. The van der Waals surface area contributed by atoms with Crippen molar-refractivity contribution in [1.82, 2.24) is 4.90 Å². The van der Waals surface area contributed by atoms with Crippen LogP contribution < -0.4 is 4.74 Å². The molecule has 122 valence electrons. The Morgan fingerprint density at radius 3 is 2.83 bits per heavy atom. The fourth-order valence-corrected chi connectivity index (χ4v) is 3.51. The van der Waals surface area contributed by atoms with Gasteiger partial charge in [-0.2, -0.15) is 0 Å². The van der Waals surface area contributed by atoms with Crippen molar-refractivity contribution in [2.24, 2.45) is 0 Å². The zero-order valence-electron chi connectivity index (χ0n) is 11.7. The molecular formula is C15H12F3NO3S. The third kappa shape index (κ3) is 3.82. The zero-order chi connectivity index (χ0) is 16.4. The number of hydrogen-bond donors (Lipinski definition) is 0. The predicted octanol–water partition coefficient (Wildman–Crippen LogP) is 3.95. The quantitative estimate of drug-likeness (QED) is 0.843. The summed E-state index contributed by atoms with van der Waals surface area (Å²) < 4.78 is 46.2. The van der Waals surface area contributed by atoms with Gasteiger partial charge in [-0.3, -0.25) is 4.79 Å². The minimum absolute atomic E-state index is 0.0847. The summed E-state index contributed by atoms with van der Waals surface area (Å²) in [5, 5.41) is -0.371. The van der Waals surface area contributed by atoms with Crippen molar-refractivity contribution in [2.75, 3.05) is 5.75 Å². The van der Waals surface area contributed by atoms with Gasteiger partial charge in [0.15, 0.2) is 0 Å². The van der Waals surface area contributed by atoms with E-state index >= 15 is 0 Å². The van der Waals surface area contributed by atoms with Gasteiger partial charge in [0.25, 0.3) is 0 Å². The van der Waals surface area contributed by atoms with Crippen molar-refractivity contribution in [2.45, 2.75) is 18.3 Å². The number of halogens is 3. The average Bonchev–Trinajstić information content (AvgIpc) is 3.09. The van der Waals surface area contributed by atoms with Crippen molar-refractivity contribution >= 4 is 17.7 Å². The lowest BCUT2D eigenvalue weighted by Crippen LogP contribution is -2.27. The molecule has 23 heavy (non-hydrogen) atoms. The van der Waals surface area contributed by atoms with Gasteiger partial charge in [-0.15, -0.1) is 24.9 Å². The van der Waals surface area contributed by atoms with Crippen LogP contribution in [0.4, 0.5) is 13.2 Å². The van der Waals surface area contributed by atoms with Gasteiger partial charge in [0.1, 0.15) is 16.9 Å². The number of hydrogen-bond acceptors (Lipinski definition) is 4. The summed E-state index contributed by atoms with van der Waals surface area (Å²) in [6, 6.07) is 9.15. The van der Waals surface area contributed by atoms with Crippen molar-refractivity contribution < 1.29 is 27.1 Å². The molecule has 0 radical (unpaired) electrons. The molecule has 0 N–H and O–H groups in total. The van der Waals surface area contributed by atoms with Crippen molar-refractivity contribution in [3.63, 3.8) is 0 Å². The first-order valence-electron chi connectivity index (χ1n) is 6.71. The highest BCUT2D eigenvalue weighted by molar-refractivity contribution is 8.00. The van der Waals surface area contributed by atoms with Gasteiger partial charge < -0.3 is 14.1 Å². The first kappa shape index (κ1) is 15.8. The van der Waals surface area contributed by atoms with Crippen LogP contribution >= 0.6 is 11.8 Å². The van der Waals surface area contributed by atoms with Crippen LogP contribution in [-0.4, -0.2) is 22.9 Å². The number of benzene rings is 1. The van der Waals surface area contributed by atoms with E-state index in [-0.39, 0.29) is 29.3 Å². The summed E-state index contributed by atoms with van der Waals surface area (Å²) in [4.78, 5) is 13.6. The van der Waals surface area contributed by atoms with Crippen molar-refractivity contribution in [1.29, 1.82) is 0 Å². The van der Waals surface area contributed by atoms with Crippen molar-refractivity contribution in [3.05, 3.63) is 54.0 Å². The largest absolute Gasteiger partial charge is 0.573 e. The Kier molecular flexibility index (Phi) is 4.25. The highest BCUT2D eigenvalue weighted by atomic mass is 32.2. The molecule has 4 nitrogen and oxygen atoms in total. The van der Waals surface area contributed by atoms with E-state index in [9.17, 15) is 18.0 Å². The monoisotopic (exact) mass is 343 g/mol. The third-order valence-corrected chi connectivity index (χ3v) is 4.51. The van der Waals surface area contributed by atoms with Crippen LogP contribution in [0.15, 0.2) is 47.1 Å². The number of nitrogens with zero attached hydrogens (tertiary/aromatic N) is 1. The molecule has 2 heterocycles. The van der Waals surface area contributed by atoms with Gasteiger partial charge in [0.2, 0.25) is 5.91 Å². The van der Waals surface area contributed by atoms with Gasteiger partial charge in [0, 0.05) is 0 Å². The van der Waals surface area contributed by atoms with E-state index in [1.54, 1.807) is 23.1 Å². The van der Waals surface area contributed by atoms with Crippen LogP contribution in [0.5, 0.6) is 5.75 Å². The zero-order valence-corrected chi connectivity index (χ0v) is 12.6. The molecule has 1 saturated heterocycles. The van der Waals surface area contributed by atoms with E-state index in [0.717, 1.165) is 0 Å². The minimum atomic E-state index is -4.74. The van der Waals surface area contributed by atoms with Crippen LogP contribution in [0.1, 0.15) is 16.7 Å². The normalized spacial score (nSPS) is 18.5. The van der Waals surface area contributed by atoms with E-state index in [0.29, 0.717) is 11.3 Å². The Labute approximate surface area is 134 Å². The molecule has 1 amide bonds. The number of furan rings is 1. The molecule has 0 bridgehead atoms. The summed E-state index contributed by atoms with van der Waals surface area (Å²) in [7, 11) is 0. The van der Waals surface area contributed by atoms with Crippen LogP contribution in [0.3, 0.4) is 0 Å². The average molecular weight is 343 g/mol. The number of ether oxygens (including phenoxy) is 1. The molecule has 1 unspecified atom stereocenters. The Morgan fingerprint density at radius 1 is 1.30 bits per heavy atom. The number of carbonyl (C=O) groups excluding carboxylic acids is 1. The van der Waals surface area contributed by atoms with Crippen molar-refractivity contribution in [3.8, 4) is 5.75 Å². The summed E-state index contributed by atoms with van der Waals surface area (Å²) in [6.07, 6.45) is -3.24. The van der Waals surface area contributed by atoms with Crippen LogP contribution in [0, 0.1) is 0 Å². The molecule has 1 aromatic carbocycles. The maximum absolute atomic E-state index is 12.3. The fourth-order valence-electron chi connectivity index (χ4n) is 2.34. The number of carbonyl (C=O) groups is 1. The Hall–Kier alpha value is -2.09. The Bertz CT molecular complexity index is 688. The Balaban J connectivity index is 1.82. The van der Waals surface area contributed by atoms with Crippen LogP contribution in [0.2, 0.25) is 0 Å². The molecule has 0 aliphatic carbocycles. The molecule has 1 aliphatic heterocycles. The minimum Gasteiger partial charge on any atom is -0.467 e. The van der Waals surface area contributed by atoms with E-state index < -0.39 is 6.36 Å². The maximum atomic E-state index is 12.3. The van der Waals surface area contributed by atoms with Gasteiger partial charge in [-0.25, -0.2) is 0 Å². The Morgan fingerprint density at radius 2 is 2.13 bits per heavy atom.